The fourth-order valence-electron chi connectivity index (χ4n) is 2.72. The highest BCUT2D eigenvalue weighted by Gasteiger charge is 2.39. The highest BCUT2D eigenvalue weighted by atomic mass is 79.9. The third kappa shape index (κ3) is 4.46. The zero-order valence-corrected chi connectivity index (χ0v) is 15.7. The van der Waals surface area contributed by atoms with Crippen LogP contribution in [0.5, 0.6) is 5.75 Å². The molecule has 0 aliphatic carbocycles. The van der Waals surface area contributed by atoms with Crippen LogP contribution in [0.25, 0.3) is 0 Å². The van der Waals surface area contributed by atoms with Crippen molar-refractivity contribution < 1.29 is 9.53 Å². The van der Waals surface area contributed by atoms with Crippen LogP contribution in [0.1, 0.15) is 39.3 Å². The predicted molar refractivity (Wildman–Crippen MR) is 95.6 cm³/mol. The lowest BCUT2D eigenvalue weighted by atomic mass is 9.99. The maximum absolute atomic E-state index is 12.5. The molecule has 128 valence electrons. The molecule has 5 nitrogen and oxygen atoms in total. The van der Waals surface area contributed by atoms with E-state index in [2.05, 4.69) is 45.9 Å². The number of amides is 1. The molecule has 0 bridgehead atoms. The minimum absolute atomic E-state index is 0.0168. The quantitative estimate of drug-likeness (QED) is 0.660. The summed E-state index contributed by atoms with van der Waals surface area (Å²) in [6.07, 6.45) is 0. The molecule has 23 heavy (non-hydrogen) atoms. The Morgan fingerprint density at radius 3 is 2.70 bits per heavy atom. The van der Waals surface area contributed by atoms with E-state index >= 15 is 0 Å². The molecule has 1 amide bonds. The van der Waals surface area contributed by atoms with E-state index in [4.69, 9.17) is 4.74 Å². The van der Waals surface area contributed by atoms with Gasteiger partial charge in [0.1, 0.15) is 11.8 Å². The van der Waals surface area contributed by atoms with E-state index in [1.54, 1.807) is 0 Å². The van der Waals surface area contributed by atoms with Gasteiger partial charge < -0.3 is 10.1 Å². The second kappa shape index (κ2) is 8.13. The van der Waals surface area contributed by atoms with Crippen molar-refractivity contribution in [3.8, 4) is 5.75 Å². The lowest BCUT2D eigenvalue weighted by Gasteiger charge is -2.21. The van der Waals surface area contributed by atoms with Crippen molar-refractivity contribution in [3.63, 3.8) is 0 Å². The van der Waals surface area contributed by atoms with E-state index in [9.17, 15) is 4.79 Å². The van der Waals surface area contributed by atoms with E-state index in [0.717, 1.165) is 11.3 Å². The molecule has 4 unspecified atom stereocenters. The van der Waals surface area contributed by atoms with Crippen molar-refractivity contribution >= 4 is 21.8 Å². The maximum atomic E-state index is 12.5. The number of halogens is 1. The van der Waals surface area contributed by atoms with Gasteiger partial charge in [0.2, 0.25) is 5.91 Å². The van der Waals surface area contributed by atoms with Crippen LogP contribution in [0, 0.1) is 5.92 Å². The lowest BCUT2D eigenvalue weighted by molar-refractivity contribution is -0.123. The molecule has 1 aliphatic rings. The van der Waals surface area contributed by atoms with Crippen LogP contribution in [-0.4, -0.2) is 29.4 Å². The standard InChI is InChI=1S/C17H26BrN3O2/c1-5-23-13-8-6-7-12(9-13)11(4)19-17(22)16-14(18)15(10(2)3)20-21-16/h6-11,14-16,20-21H,5H2,1-4H3,(H,19,22). The summed E-state index contributed by atoms with van der Waals surface area (Å²) in [6, 6.07) is 7.68. The number of hydrogen-bond donors (Lipinski definition) is 3. The van der Waals surface area contributed by atoms with Gasteiger partial charge in [-0.1, -0.05) is 41.9 Å². The van der Waals surface area contributed by atoms with Crippen LogP contribution in [0.15, 0.2) is 24.3 Å². The summed E-state index contributed by atoms with van der Waals surface area (Å²) in [4.78, 5) is 12.6. The van der Waals surface area contributed by atoms with E-state index in [0.29, 0.717) is 12.5 Å². The molecule has 1 fully saturated rings. The first-order valence-electron chi connectivity index (χ1n) is 8.12. The first kappa shape index (κ1) is 18.2. The Bertz CT molecular complexity index is 538. The van der Waals surface area contributed by atoms with Gasteiger partial charge in [-0.25, -0.2) is 5.43 Å². The maximum Gasteiger partial charge on any atom is 0.240 e. The molecular formula is C17H26BrN3O2. The van der Waals surface area contributed by atoms with Crippen LogP contribution in [0.3, 0.4) is 0 Å². The third-order valence-electron chi connectivity index (χ3n) is 4.10. The van der Waals surface area contributed by atoms with Crippen molar-refractivity contribution in [2.24, 2.45) is 5.92 Å². The number of hydrazine groups is 1. The van der Waals surface area contributed by atoms with Crippen LogP contribution >= 0.6 is 15.9 Å². The Balaban J connectivity index is 1.98. The predicted octanol–water partition coefficient (Wildman–Crippen LogP) is 2.53. The number of benzene rings is 1. The topological polar surface area (TPSA) is 62.4 Å². The molecule has 6 heteroatoms. The van der Waals surface area contributed by atoms with Gasteiger partial charge in [0.15, 0.2) is 0 Å². The van der Waals surface area contributed by atoms with Crippen LogP contribution < -0.4 is 20.9 Å². The van der Waals surface area contributed by atoms with E-state index < -0.39 is 0 Å². The Morgan fingerprint density at radius 1 is 1.35 bits per heavy atom. The summed E-state index contributed by atoms with van der Waals surface area (Å²) in [5, 5.41) is 3.07. The first-order chi connectivity index (χ1) is 10.9. The average molecular weight is 384 g/mol. The van der Waals surface area contributed by atoms with Gasteiger partial charge in [-0.2, -0.15) is 0 Å². The summed E-state index contributed by atoms with van der Waals surface area (Å²) in [5.74, 6) is 1.24. The van der Waals surface area contributed by atoms with Gasteiger partial charge in [0, 0.05) is 6.04 Å². The molecule has 1 aliphatic heterocycles. The molecule has 1 aromatic carbocycles. The lowest BCUT2D eigenvalue weighted by Crippen LogP contribution is -2.46. The highest BCUT2D eigenvalue weighted by molar-refractivity contribution is 9.09. The molecule has 2 rings (SSSR count). The molecule has 0 radical (unpaired) electrons. The van der Waals surface area contributed by atoms with Crippen molar-refractivity contribution in [2.45, 2.75) is 50.6 Å². The van der Waals surface area contributed by atoms with Gasteiger partial charge >= 0.3 is 0 Å². The molecule has 0 aromatic heterocycles. The minimum Gasteiger partial charge on any atom is -0.494 e. The van der Waals surface area contributed by atoms with Gasteiger partial charge in [0.25, 0.3) is 0 Å². The number of alkyl halides is 1. The molecule has 1 heterocycles. The number of carbonyl (C=O) groups is 1. The summed E-state index contributed by atoms with van der Waals surface area (Å²) in [5.41, 5.74) is 7.32. The van der Waals surface area contributed by atoms with Crippen molar-refractivity contribution in [2.75, 3.05) is 6.61 Å². The number of rotatable bonds is 6. The van der Waals surface area contributed by atoms with Crippen LogP contribution in [-0.2, 0) is 4.79 Å². The highest BCUT2D eigenvalue weighted by Crippen LogP contribution is 2.23. The van der Waals surface area contributed by atoms with Crippen LogP contribution in [0.2, 0.25) is 0 Å². The van der Waals surface area contributed by atoms with Crippen molar-refractivity contribution in [1.82, 2.24) is 16.2 Å². The Labute approximate surface area is 146 Å². The summed E-state index contributed by atoms with van der Waals surface area (Å²) in [7, 11) is 0. The van der Waals surface area contributed by atoms with Crippen molar-refractivity contribution in [3.05, 3.63) is 29.8 Å². The van der Waals surface area contributed by atoms with E-state index in [1.165, 1.54) is 0 Å². The van der Waals surface area contributed by atoms with Gasteiger partial charge in [-0.3, -0.25) is 10.2 Å². The smallest absolute Gasteiger partial charge is 0.240 e. The summed E-state index contributed by atoms with van der Waals surface area (Å²) >= 11 is 3.64. The Morgan fingerprint density at radius 2 is 2.09 bits per heavy atom. The van der Waals surface area contributed by atoms with E-state index in [-0.39, 0.29) is 28.9 Å². The number of carbonyl (C=O) groups excluding carboxylic acids is 1. The largest absolute Gasteiger partial charge is 0.494 e. The second-order valence-corrected chi connectivity index (χ2v) is 7.27. The molecular weight excluding hydrogens is 358 g/mol. The zero-order valence-electron chi connectivity index (χ0n) is 14.1. The number of ether oxygens (including phenoxy) is 1. The normalized spacial score (nSPS) is 25.4. The molecule has 1 aromatic rings. The van der Waals surface area contributed by atoms with Crippen LogP contribution in [0.4, 0.5) is 0 Å². The summed E-state index contributed by atoms with van der Waals surface area (Å²) in [6.45, 7) is 8.83. The minimum atomic E-state index is -0.292. The molecule has 1 saturated heterocycles. The SMILES string of the molecule is CCOc1cccc(C(C)NC(=O)C2NNC(C(C)C)C2Br)c1. The number of hydrogen-bond acceptors (Lipinski definition) is 4. The molecule has 0 spiro atoms. The first-order valence-corrected chi connectivity index (χ1v) is 9.03. The van der Waals surface area contributed by atoms with Gasteiger partial charge in [-0.15, -0.1) is 0 Å². The van der Waals surface area contributed by atoms with Gasteiger partial charge in [-0.05, 0) is 37.5 Å². The molecule has 3 N–H and O–H groups in total. The van der Waals surface area contributed by atoms with Crippen molar-refractivity contribution in [1.29, 1.82) is 0 Å². The van der Waals surface area contributed by atoms with Gasteiger partial charge in [0.05, 0.1) is 17.5 Å². The monoisotopic (exact) mass is 383 g/mol. The zero-order chi connectivity index (χ0) is 17.0. The van der Waals surface area contributed by atoms with E-state index in [1.807, 2.05) is 38.1 Å². The third-order valence-corrected chi connectivity index (χ3v) is 5.19. The summed E-state index contributed by atoms with van der Waals surface area (Å²) < 4.78 is 5.52. The Kier molecular flexibility index (Phi) is 6.44. The number of nitrogens with one attached hydrogen (secondary N) is 3. The fraction of sp³-hybridized carbons (Fsp3) is 0.588. The Hall–Kier alpha value is -1.11. The second-order valence-electron chi connectivity index (χ2n) is 6.22. The molecule has 0 saturated carbocycles. The average Bonchev–Trinajstić information content (AvgIpc) is 2.89. The fourth-order valence-corrected chi connectivity index (χ4v) is 3.84. The molecule has 4 atom stereocenters.